The van der Waals surface area contributed by atoms with Crippen LogP contribution >= 0.6 is 0 Å². The van der Waals surface area contributed by atoms with Gasteiger partial charge in [0.25, 0.3) is 0 Å². The largest absolute Gasteiger partial charge is 0.466 e. The second-order valence-electron chi connectivity index (χ2n) is 12.4. The predicted octanol–water partition coefficient (Wildman–Crippen LogP) is 7.52. The van der Waals surface area contributed by atoms with Crippen LogP contribution in [0.3, 0.4) is 0 Å². The molecule has 0 radical (unpaired) electrons. The predicted molar refractivity (Wildman–Crippen MR) is 158 cm³/mol. The van der Waals surface area contributed by atoms with Crippen molar-refractivity contribution in [3.63, 3.8) is 0 Å². The number of ketones is 1. The lowest BCUT2D eigenvalue weighted by Gasteiger charge is -2.34. The molecule has 39 heavy (non-hydrogen) atoms. The lowest BCUT2D eigenvalue weighted by molar-refractivity contribution is -0.151. The maximum atomic E-state index is 14.0. The van der Waals surface area contributed by atoms with Gasteiger partial charge in [-0.1, -0.05) is 74.2 Å². The minimum atomic E-state index is -0.397. The Hall–Kier alpha value is -2.46. The van der Waals surface area contributed by atoms with E-state index in [4.69, 9.17) is 4.74 Å². The molecule has 1 saturated heterocycles. The average Bonchev–Trinajstić information content (AvgIpc) is 3.63. The molecule has 0 bridgehead atoms. The fraction of sp³-hybridized carbons (Fsp3) is 0.600. The number of carbonyl (C=O) groups excluding carboxylic acids is 2. The summed E-state index contributed by atoms with van der Waals surface area (Å²) >= 11 is 0. The Bertz CT molecular complexity index is 1100. The Morgan fingerprint density at radius 1 is 0.872 bits per heavy atom. The van der Waals surface area contributed by atoms with Crippen molar-refractivity contribution in [1.82, 2.24) is 4.90 Å². The van der Waals surface area contributed by atoms with Crippen molar-refractivity contribution < 1.29 is 14.3 Å². The molecule has 0 spiro atoms. The third-order valence-electron chi connectivity index (χ3n) is 10.0. The lowest BCUT2D eigenvalue weighted by Crippen LogP contribution is -2.37. The van der Waals surface area contributed by atoms with Gasteiger partial charge in [0.05, 0.1) is 17.9 Å². The Labute approximate surface area is 235 Å². The maximum Gasteiger partial charge on any atom is 0.309 e. The zero-order valence-corrected chi connectivity index (χ0v) is 24.1. The molecular weight excluding hydrogens is 482 g/mol. The topological polar surface area (TPSA) is 46.6 Å². The van der Waals surface area contributed by atoms with Gasteiger partial charge in [0.1, 0.15) is 5.78 Å². The SMILES string of the molecule is CCOC(=O)[C@H]1CCCC[C@H]1CC(=O)C1(c2ccc(-c3ccc(CCN4CCC[C@H]4C)cc3)cc2)CCCC1. The number of nitrogens with zero attached hydrogens (tertiary/aromatic N) is 1. The minimum absolute atomic E-state index is 0.101. The van der Waals surface area contributed by atoms with Crippen molar-refractivity contribution in [2.24, 2.45) is 11.8 Å². The van der Waals surface area contributed by atoms with E-state index in [1.807, 2.05) is 6.92 Å². The lowest BCUT2D eigenvalue weighted by atomic mass is 9.69. The zero-order valence-electron chi connectivity index (χ0n) is 24.1. The summed E-state index contributed by atoms with van der Waals surface area (Å²) in [7, 11) is 0. The number of carbonyl (C=O) groups is 2. The van der Waals surface area contributed by atoms with Gasteiger partial charge in [0.2, 0.25) is 0 Å². The Kier molecular flexibility index (Phi) is 9.22. The number of ether oxygens (including phenoxy) is 1. The van der Waals surface area contributed by atoms with E-state index in [-0.39, 0.29) is 17.8 Å². The van der Waals surface area contributed by atoms with Gasteiger partial charge in [-0.15, -0.1) is 0 Å². The maximum absolute atomic E-state index is 14.0. The van der Waals surface area contributed by atoms with E-state index in [1.54, 1.807) is 0 Å². The molecule has 2 saturated carbocycles. The van der Waals surface area contributed by atoms with Crippen LogP contribution in [0.2, 0.25) is 0 Å². The molecule has 2 aromatic carbocycles. The van der Waals surface area contributed by atoms with Crippen molar-refractivity contribution in [2.45, 2.75) is 102 Å². The molecule has 3 atom stereocenters. The summed E-state index contributed by atoms with van der Waals surface area (Å²) in [6.45, 7) is 7.00. The molecule has 210 valence electrons. The van der Waals surface area contributed by atoms with Crippen molar-refractivity contribution in [2.75, 3.05) is 19.7 Å². The second-order valence-corrected chi connectivity index (χ2v) is 12.4. The summed E-state index contributed by atoms with van der Waals surface area (Å²) in [6.07, 6.45) is 12.3. The van der Waals surface area contributed by atoms with Crippen LogP contribution in [-0.4, -0.2) is 42.4 Å². The Balaban J connectivity index is 1.26. The number of rotatable bonds is 10. The molecule has 4 heteroatoms. The highest BCUT2D eigenvalue weighted by Gasteiger charge is 2.44. The monoisotopic (exact) mass is 529 g/mol. The van der Waals surface area contributed by atoms with Gasteiger partial charge in [-0.05, 0) is 93.5 Å². The van der Waals surface area contributed by atoms with E-state index in [0.717, 1.165) is 75.9 Å². The molecule has 3 fully saturated rings. The summed E-state index contributed by atoms with van der Waals surface area (Å²) in [5.74, 6) is 0.238. The molecule has 5 rings (SSSR count). The average molecular weight is 530 g/mol. The van der Waals surface area contributed by atoms with Gasteiger partial charge >= 0.3 is 5.97 Å². The fourth-order valence-electron chi connectivity index (χ4n) is 7.60. The van der Waals surface area contributed by atoms with Crippen LogP contribution in [0.25, 0.3) is 11.1 Å². The van der Waals surface area contributed by atoms with Gasteiger partial charge in [-0.2, -0.15) is 0 Å². The van der Waals surface area contributed by atoms with Gasteiger partial charge in [0, 0.05) is 19.0 Å². The van der Waals surface area contributed by atoms with Crippen LogP contribution in [0, 0.1) is 11.8 Å². The minimum Gasteiger partial charge on any atom is -0.466 e. The third-order valence-corrected chi connectivity index (χ3v) is 10.0. The molecule has 4 nitrogen and oxygen atoms in total. The van der Waals surface area contributed by atoms with E-state index >= 15 is 0 Å². The summed E-state index contributed by atoms with van der Waals surface area (Å²) in [5, 5.41) is 0. The van der Waals surface area contributed by atoms with Crippen LogP contribution in [0.15, 0.2) is 48.5 Å². The Morgan fingerprint density at radius 3 is 2.18 bits per heavy atom. The molecule has 0 unspecified atom stereocenters. The normalized spacial score (nSPS) is 25.0. The number of hydrogen-bond acceptors (Lipinski definition) is 4. The number of hydrogen-bond donors (Lipinski definition) is 0. The molecule has 0 aromatic heterocycles. The van der Waals surface area contributed by atoms with Gasteiger partial charge in [-0.3, -0.25) is 9.59 Å². The quantitative estimate of drug-likeness (QED) is 0.299. The highest BCUT2D eigenvalue weighted by Crippen LogP contribution is 2.45. The summed E-state index contributed by atoms with van der Waals surface area (Å²) in [6, 6.07) is 18.6. The second kappa shape index (κ2) is 12.8. The Morgan fingerprint density at radius 2 is 1.54 bits per heavy atom. The molecule has 2 aromatic rings. The molecule has 3 aliphatic rings. The van der Waals surface area contributed by atoms with E-state index < -0.39 is 5.41 Å². The van der Waals surface area contributed by atoms with Gasteiger partial charge in [-0.25, -0.2) is 0 Å². The standard InChI is InChI=1S/C35H47NO3/c1-3-39-34(38)32-11-5-4-10-30(32)25-33(37)35(21-6-7-22-35)31-18-16-29(17-19-31)28-14-12-27(13-15-28)20-24-36-23-8-9-26(36)2/h12-19,26,30,32H,3-11,20-25H2,1-2H3/t26-,30+,32+/m1/s1. The first kappa shape index (κ1) is 28.1. The number of likely N-dealkylation sites (tertiary alicyclic amines) is 1. The number of benzene rings is 2. The van der Waals surface area contributed by atoms with Crippen molar-refractivity contribution in [3.05, 3.63) is 59.7 Å². The molecular formula is C35H47NO3. The summed E-state index contributed by atoms with van der Waals surface area (Å²) < 4.78 is 5.38. The van der Waals surface area contributed by atoms with E-state index in [0.29, 0.717) is 18.8 Å². The first-order chi connectivity index (χ1) is 19.0. The number of Topliss-reactive ketones (excluding diaryl/α,β-unsaturated/α-hetero) is 1. The van der Waals surface area contributed by atoms with Crippen molar-refractivity contribution in [3.8, 4) is 11.1 Å². The van der Waals surface area contributed by atoms with Crippen LogP contribution < -0.4 is 0 Å². The van der Waals surface area contributed by atoms with E-state index in [1.165, 1.54) is 36.1 Å². The zero-order chi connectivity index (χ0) is 27.2. The van der Waals surface area contributed by atoms with Crippen LogP contribution in [0.5, 0.6) is 0 Å². The van der Waals surface area contributed by atoms with Crippen molar-refractivity contribution in [1.29, 1.82) is 0 Å². The summed E-state index contributed by atoms with van der Waals surface area (Å²) in [5.41, 5.74) is 4.59. The van der Waals surface area contributed by atoms with E-state index in [9.17, 15) is 9.59 Å². The van der Waals surface area contributed by atoms with Gasteiger partial charge in [0.15, 0.2) is 0 Å². The smallest absolute Gasteiger partial charge is 0.309 e. The van der Waals surface area contributed by atoms with Crippen molar-refractivity contribution >= 4 is 11.8 Å². The molecule has 0 amide bonds. The van der Waals surface area contributed by atoms with E-state index in [2.05, 4.69) is 60.4 Å². The van der Waals surface area contributed by atoms with Crippen LogP contribution in [0.1, 0.15) is 95.6 Å². The molecule has 1 aliphatic heterocycles. The molecule has 1 heterocycles. The third kappa shape index (κ3) is 6.32. The summed E-state index contributed by atoms with van der Waals surface area (Å²) in [4.78, 5) is 29.2. The highest BCUT2D eigenvalue weighted by molar-refractivity contribution is 5.91. The van der Waals surface area contributed by atoms with Crippen LogP contribution in [-0.2, 0) is 26.2 Å². The first-order valence-electron chi connectivity index (χ1n) is 15.6. The first-order valence-corrected chi connectivity index (χ1v) is 15.6. The molecule has 2 aliphatic carbocycles. The van der Waals surface area contributed by atoms with Crippen LogP contribution in [0.4, 0.5) is 0 Å². The fourth-order valence-corrected chi connectivity index (χ4v) is 7.60. The highest BCUT2D eigenvalue weighted by atomic mass is 16.5. The van der Waals surface area contributed by atoms with Gasteiger partial charge < -0.3 is 9.64 Å². The molecule has 0 N–H and O–H groups in total. The number of esters is 1.